The van der Waals surface area contributed by atoms with E-state index in [0.29, 0.717) is 0 Å². The molecule has 2 atom stereocenters. The highest BCUT2D eigenvalue weighted by molar-refractivity contribution is 5.81. The van der Waals surface area contributed by atoms with Crippen molar-refractivity contribution in [3.05, 3.63) is 29.3 Å². The Hall–Kier alpha value is -1.55. The van der Waals surface area contributed by atoms with E-state index < -0.39 is 6.10 Å². The molecule has 0 spiro atoms. The number of nitrogens with zero attached hydrogens (tertiary/aromatic N) is 1. The van der Waals surface area contributed by atoms with E-state index in [0.717, 1.165) is 49.2 Å². The fourth-order valence-corrected chi connectivity index (χ4v) is 2.81. The number of para-hydroxylation sites is 1. The van der Waals surface area contributed by atoms with Crippen molar-refractivity contribution in [2.75, 3.05) is 13.1 Å². The molecule has 0 radical (unpaired) electrons. The fraction of sp³-hybridized carbons (Fsp3) is 0.588. The largest absolute Gasteiger partial charge is 0.480 e. The molecule has 1 fully saturated rings. The zero-order chi connectivity index (χ0) is 15.4. The predicted molar refractivity (Wildman–Crippen MR) is 84.4 cm³/mol. The van der Waals surface area contributed by atoms with Crippen LogP contribution in [-0.4, -0.2) is 36.0 Å². The van der Waals surface area contributed by atoms with Crippen molar-refractivity contribution in [1.82, 2.24) is 4.90 Å². The first-order valence-electron chi connectivity index (χ1n) is 7.78. The Bertz CT molecular complexity index is 494. The minimum atomic E-state index is -0.448. The summed E-state index contributed by atoms with van der Waals surface area (Å²) in [4.78, 5) is 14.3. The number of rotatable bonds is 5. The minimum absolute atomic E-state index is 0.0683. The molecule has 4 nitrogen and oxygen atoms in total. The van der Waals surface area contributed by atoms with Gasteiger partial charge in [-0.05, 0) is 51.2 Å². The lowest BCUT2D eigenvalue weighted by Crippen LogP contribution is -2.38. The number of nitrogens with two attached hydrogens (primary N) is 1. The third-order valence-corrected chi connectivity index (χ3v) is 3.90. The van der Waals surface area contributed by atoms with Gasteiger partial charge in [0.2, 0.25) is 0 Å². The minimum Gasteiger partial charge on any atom is -0.480 e. The quantitative estimate of drug-likeness (QED) is 0.905. The van der Waals surface area contributed by atoms with Crippen LogP contribution in [0.5, 0.6) is 5.75 Å². The third-order valence-electron chi connectivity index (χ3n) is 3.90. The number of hydrogen-bond donors (Lipinski definition) is 1. The van der Waals surface area contributed by atoms with Crippen molar-refractivity contribution >= 4 is 5.91 Å². The number of amides is 1. The summed E-state index contributed by atoms with van der Waals surface area (Å²) in [5.41, 5.74) is 8.03. The maximum atomic E-state index is 12.4. The summed E-state index contributed by atoms with van der Waals surface area (Å²) >= 11 is 0. The van der Waals surface area contributed by atoms with Gasteiger partial charge in [-0.25, -0.2) is 0 Å². The van der Waals surface area contributed by atoms with Crippen LogP contribution in [0.15, 0.2) is 18.2 Å². The molecule has 2 N–H and O–H groups in total. The van der Waals surface area contributed by atoms with Gasteiger partial charge in [-0.2, -0.15) is 0 Å². The van der Waals surface area contributed by atoms with E-state index in [1.807, 2.05) is 43.9 Å². The third kappa shape index (κ3) is 3.97. The Morgan fingerprint density at radius 2 is 2.00 bits per heavy atom. The molecule has 116 valence electrons. The van der Waals surface area contributed by atoms with E-state index in [1.165, 1.54) is 0 Å². The molecular formula is C17H26N2O2. The van der Waals surface area contributed by atoms with Gasteiger partial charge < -0.3 is 15.4 Å². The number of benzene rings is 1. The Morgan fingerprint density at radius 3 is 2.62 bits per heavy atom. The Morgan fingerprint density at radius 1 is 1.33 bits per heavy atom. The molecular weight excluding hydrogens is 264 g/mol. The number of hydrogen-bond acceptors (Lipinski definition) is 3. The van der Waals surface area contributed by atoms with Crippen molar-refractivity contribution < 1.29 is 9.53 Å². The van der Waals surface area contributed by atoms with Crippen LogP contribution >= 0.6 is 0 Å². The Balaban J connectivity index is 2.12. The van der Waals surface area contributed by atoms with Crippen LogP contribution in [-0.2, 0) is 11.2 Å². The van der Waals surface area contributed by atoms with E-state index in [4.69, 9.17) is 10.5 Å². The van der Waals surface area contributed by atoms with Crippen LogP contribution < -0.4 is 10.5 Å². The first-order chi connectivity index (χ1) is 9.99. The summed E-state index contributed by atoms with van der Waals surface area (Å²) < 4.78 is 6.00. The Labute approximate surface area is 127 Å². The van der Waals surface area contributed by atoms with Crippen LogP contribution in [0.4, 0.5) is 0 Å². The summed E-state index contributed by atoms with van der Waals surface area (Å²) in [5.74, 6) is 0.900. The van der Waals surface area contributed by atoms with Gasteiger partial charge in [0.15, 0.2) is 6.10 Å². The lowest BCUT2D eigenvalue weighted by molar-refractivity contribution is -0.136. The summed E-state index contributed by atoms with van der Waals surface area (Å²) in [7, 11) is 0. The highest BCUT2D eigenvalue weighted by Crippen LogP contribution is 2.26. The molecule has 4 heteroatoms. The van der Waals surface area contributed by atoms with Crippen LogP contribution in [0.1, 0.15) is 37.8 Å². The van der Waals surface area contributed by atoms with E-state index >= 15 is 0 Å². The second kappa shape index (κ2) is 6.94. The number of likely N-dealkylation sites (tertiary alicyclic amines) is 1. The van der Waals surface area contributed by atoms with Crippen molar-refractivity contribution in [3.8, 4) is 5.75 Å². The maximum Gasteiger partial charge on any atom is 0.263 e. The predicted octanol–water partition coefficient (Wildman–Crippen LogP) is 2.27. The monoisotopic (exact) mass is 290 g/mol. The van der Waals surface area contributed by atoms with E-state index in [-0.39, 0.29) is 11.9 Å². The van der Waals surface area contributed by atoms with E-state index in [1.54, 1.807) is 0 Å². The summed E-state index contributed by atoms with van der Waals surface area (Å²) in [5, 5.41) is 0. The van der Waals surface area contributed by atoms with Gasteiger partial charge in [0.1, 0.15) is 5.75 Å². The number of ether oxygens (including phenoxy) is 1. The van der Waals surface area contributed by atoms with E-state index in [9.17, 15) is 4.79 Å². The maximum absolute atomic E-state index is 12.4. The first-order valence-corrected chi connectivity index (χ1v) is 7.78. The van der Waals surface area contributed by atoms with Crippen LogP contribution in [0.25, 0.3) is 0 Å². The van der Waals surface area contributed by atoms with Crippen molar-refractivity contribution in [2.45, 2.75) is 52.2 Å². The second-order valence-electron chi connectivity index (χ2n) is 6.04. The standard InChI is InChI=1S/C17H26N2O2/c1-12-7-6-8-15(11-13(2)18)16(12)21-14(3)17(20)19-9-4-5-10-19/h6-8,13-14H,4-5,9-11,18H2,1-3H3. The lowest BCUT2D eigenvalue weighted by atomic mass is 10.0. The highest BCUT2D eigenvalue weighted by atomic mass is 16.5. The van der Waals surface area contributed by atoms with Gasteiger partial charge in [-0.15, -0.1) is 0 Å². The average Bonchev–Trinajstić information content (AvgIpc) is 2.95. The van der Waals surface area contributed by atoms with Crippen LogP contribution in [0.3, 0.4) is 0 Å². The van der Waals surface area contributed by atoms with Gasteiger partial charge in [-0.3, -0.25) is 4.79 Å². The lowest BCUT2D eigenvalue weighted by Gasteiger charge is -2.23. The smallest absolute Gasteiger partial charge is 0.263 e. The molecule has 0 aromatic heterocycles. The molecule has 1 aromatic carbocycles. The fourth-order valence-electron chi connectivity index (χ4n) is 2.81. The molecule has 0 aliphatic carbocycles. The van der Waals surface area contributed by atoms with Gasteiger partial charge >= 0.3 is 0 Å². The molecule has 1 amide bonds. The highest BCUT2D eigenvalue weighted by Gasteiger charge is 2.25. The molecule has 0 saturated carbocycles. The van der Waals surface area contributed by atoms with Gasteiger partial charge in [0, 0.05) is 19.1 Å². The average molecular weight is 290 g/mol. The molecule has 2 rings (SSSR count). The molecule has 21 heavy (non-hydrogen) atoms. The van der Waals surface area contributed by atoms with Crippen LogP contribution in [0, 0.1) is 6.92 Å². The van der Waals surface area contributed by atoms with E-state index in [2.05, 4.69) is 0 Å². The molecule has 1 aliphatic heterocycles. The van der Waals surface area contributed by atoms with Crippen LogP contribution in [0.2, 0.25) is 0 Å². The topological polar surface area (TPSA) is 55.6 Å². The second-order valence-corrected chi connectivity index (χ2v) is 6.04. The molecule has 2 unspecified atom stereocenters. The first kappa shape index (κ1) is 15.8. The number of carbonyl (C=O) groups is 1. The normalized spacial score (nSPS) is 17.6. The summed E-state index contributed by atoms with van der Waals surface area (Å²) in [6.45, 7) is 7.53. The summed E-state index contributed by atoms with van der Waals surface area (Å²) in [6.07, 6.45) is 2.50. The van der Waals surface area contributed by atoms with Crippen molar-refractivity contribution in [2.24, 2.45) is 5.73 Å². The molecule has 1 aromatic rings. The number of aryl methyl sites for hydroxylation is 1. The van der Waals surface area contributed by atoms with Gasteiger partial charge in [0.05, 0.1) is 0 Å². The molecule has 1 aliphatic rings. The molecule has 1 saturated heterocycles. The SMILES string of the molecule is Cc1cccc(CC(C)N)c1OC(C)C(=O)N1CCCC1. The van der Waals surface area contributed by atoms with Crippen molar-refractivity contribution in [3.63, 3.8) is 0 Å². The van der Waals surface area contributed by atoms with Gasteiger partial charge in [0.25, 0.3) is 5.91 Å². The zero-order valence-corrected chi connectivity index (χ0v) is 13.3. The zero-order valence-electron chi connectivity index (χ0n) is 13.3. The summed E-state index contributed by atoms with van der Waals surface area (Å²) in [6, 6.07) is 6.11. The molecule has 0 bridgehead atoms. The van der Waals surface area contributed by atoms with Crippen molar-refractivity contribution in [1.29, 1.82) is 0 Å². The Kier molecular flexibility index (Phi) is 5.23. The van der Waals surface area contributed by atoms with Gasteiger partial charge in [-0.1, -0.05) is 18.2 Å². The molecule has 1 heterocycles. The number of carbonyl (C=O) groups excluding carboxylic acids is 1.